The number of carbonyl (C=O) groups is 2. The number of ether oxygens (including phenoxy) is 2. The molecule has 0 N–H and O–H groups in total. The lowest BCUT2D eigenvalue weighted by atomic mass is 10.1. The second-order valence-corrected chi connectivity index (χ2v) is 8.21. The molecule has 5 nitrogen and oxygen atoms in total. The normalized spacial score (nSPS) is 14.2. The van der Waals surface area contributed by atoms with Crippen LogP contribution >= 0.6 is 11.8 Å². The third-order valence-electron chi connectivity index (χ3n) is 4.33. The Labute approximate surface area is 169 Å². The van der Waals surface area contributed by atoms with Gasteiger partial charge in [0.05, 0.1) is 31.2 Å². The molecule has 1 aliphatic rings. The van der Waals surface area contributed by atoms with Gasteiger partial charge in [0.25, 0.3) is 11.8 Å². The van der Waals surface area contributed by atoms with Crippen molar-refractivity contribution in [3.05, 3.63) is 64.6 Å². The lowest BCUT2D eigenvalue weighted by Crippen LogP contribution is -2.31. The fourth-order valence-electron chi connectivity index (χ4n) is 3.05. The minimum Gasteiger partial charge on any atom is -0.493 e. The van der Waals surface area contributed by atoms with Crippen molar-refractivity contribution in [1.29, 1.82) is 0 Å². The van der Waals surface area contributed by atoms with E-state index in [2.05, 4.69) is 0 Å². The number of imide groups is 1. The van der Waals surface area contributed by atoms with E-state index in [9.17, 15) is 9.59 Å². The van der Waals surface area contributed by atoms with Crippen molar-refractivity contribution in [3.63, 3.8) is 0 Å². The van der Waals surface area contributed by atoms with Crippen LogP contribution in [0.5, 0.6) is 11.5 Å². The highest BCUT2D eigenvalue weighted by molar-refractivity contribution is 8.04. The molecule has 0 aromatic heterocycles. The quantitative estimate of drug-likeness (QED) is 0.658. The van der Waals surface area contributed by atoms with Crippen molar-refractivity contribution < 1.29 is 19.1 Å². The Morgan fingerprint density at radius 3 is 2.21 bits per heavy atom. The lowest BCUT2D eigenvalue weighted by Gasteiger charge is -2.15. The van der Waals surface area contributed by atoms with Gasteiger partial charge in [0.2, 0.25) is 0 Å². The molecule has 28 heavy (non-hydrogen) atoms. The Morgan fingerprint density at radius 1 is 0.929 bits per heavy atom. The fourth-order valence-corrected chi connectivity index (χ4v) is 4.06. The molecular weight excluding hydrogens is 374 g/mol. The molecule has 146 valence electrons. The number of hydrogen-bond donors (Lipinski definition) is 0. The van der Waals surface area contributed by atoms with Gasteiger partial charge in [0.15, 0.2) is 11.5 Å². The molecule has 0 saturated carbocycles. The minimum absolute atomic E-state index is 0.165. The number of rotatable bonds is 7. The predicted octanol–water partition coefficient (Wildman–Crippen LogP) is 4.13. The molecule has 3 rings (SSSR count). The van der Waals surface area contributed by atoms with Crippen LogP contribution in [0.4, 0.5) is 0 Å². The second-order valence-electron chi connectivity index (χ2n) is 6.62. The highest BCUT2D eigenvalue weighted by atomic mass is 32.2. The van der Waals surface area contributed by atoms with Crippen molar-refractivity contribution >= 4 is 29.1 Å². The van der Waals surface area contributed by atoms with Crippen LogP contribution in [-0.2, 0) is 16.1 Å². The molecule has 0 aliphatic carbocycles. The number of amides is 2. The van der Waals surface area contributed by atoms with Crippen molar-refractivity contribution in [3.8, 4) is 11.5 Å². The van der Waals surface area contributed by atoms with Crippen molar-refractivity contribution in [2.45, 2.75) is 25.6 Å². The summed E-state index contributed by atoms with van der Waals surface area (Å²) in [5.74, 6) is 0.549. The van der Waals surface area contributed by atoms with E-state index in [0.717, 1.165) is 5.56 Å². The largest absolute Gasteiger partial charge is 0.493 e. The van der Waals surface area contributed by atoms with E-state index in [1.807, 2.05) is 44.2 Å². The van der Waals surface area contributed by atoms with Crippen LogP contribution in [0.2, 0.25) is 0 Å². The fraction of sp³-hybridized carbons (Fsp3) is 0.273. The molecule has 1 heterocycles. The highest BCUT2D eigenvalue weighted by Crippen LogP contribution is 2.40. The van der Waals surface area contributed by atoms with Gasteiger partial charge in [-0.1, -0.05) is 50.2 Å². The SMILES string of the molecule is COc1ccc(C2=C(SC(C)C)C(=O)N(Cc3ccccc3)C2=O)cc1OC. The number of benzene rings is 2. The third kappa shape index (κ3) is 3.92. The number of thioether (sulfide) groups is 1. The minimum atomic E-state index is -0.288. The van der Waals surface area contributed by atoms with Gasteiger partial charge in [-0.2, -0.15) is 0 Å². The van der Waals surface area contributed by atoms with Crippen LogP contribution in [0, 0.1) is 0 Å². The molecular formula is C22H23NO4S. The van der Waals surface area contributed by atoms with Crippen LogP contribution in [0.25, 0.3) is 5.57 Å². The summed E-state index contributed by atoms with van der Waals surface area (Å²) in [5.41, 5.74) is 1.97. The Bertz CT molecular complexity index is 921. The number of methoxy groups -OCH3 is 2. The summed E-state index contributed by atoms with van der Waals surface area (Å²) in [5, 5.41) is 0.165. The lowest BCUT2D eigenvalue weighted by molar-refractivity contribution is -0.137. The number of nitrogens with zero attached hydrogens (tertiary/aromatic N) is 1. The van der Waals surface area contributed by atoms with Crippen molar-refractivity contribution in [2.24, 2.45) is 0 Å². The zero-order valence-corrected chi connectivity index (χ0v) is 17.2. The summed E-state index contributed by atoms with van der Waals surface area (Å²) in [7, 11) is 3.10. The van der Waals surface area contributed by atoms with Crippen molar-refractivity contribution in [1.82, 2.24) is 4.90 Å². The number of hydrogen-bond acceptors (Lipinski definition) is 5. The average molecular weight is 397 g/mol. The molecule has 0 spiro atoms. The van der Waals surface area contributed by atoms with Crippen LogP contribution < -0.4 is 9.47 Å². The Morgan fingerprint density at radius 2 is 1.61 bits per heavy atom. The van der Waals surface area contributed by atoms with E-state index >= 15 is 0 Å². The Kier molecular flexibility index (Phi) is 6.09. The Balaban J connectivity index is 2.03. The molecule has 0 unspecified atom stereocenters. The molecule has 0 saturated heterocycles. The van der Waals surface area contributed by atoms with Crippen molar-refractivity contribution in [2.75, 3.05) is 14.2 Å². The summed E-state index contributed by atoms with van der Waals surface area (Å²) < 4.78 is 10.7. The van der Waals surface area contributed by atoms with Crippen LogP contribution in [0.15, 0.2) is 53.4 Å². The summed E-state index contributed by atoms with van der Waals surface area (Å²) >= 11 is 1.41. The van der Waals surface area contributed by atoms with Crippen LogP contribution in [-0.4, -0.2) is 36.2 Å². The second kappa shape index (κ2) is 8.52. The van der Waals surface area contributed by atoms with Gasteiger partial charge in [-0.15, -0.1) is 11.8 Å². The first kappa shape index (κ1) is 20.0. The van der Waals surface area contributed by atoms with E-state index in [-0.39, 0.29) is 23.6 Å². The first-order chi connectivity index (χ1) is 13.5. The summed E-state index contributed by atoms with van der Waals surface area (Å²) in [6.07, 6.45) is 0. The monoisotopic (exact) mass is 397 g/mol. The molecule has 0 bridgehead atoms. The maximum Gasteiger partial charge on any atom is 0.268 e. The topological polar surface area (TPSA) is 55.8 Å². The van der Waals surface area contributed by atoms with E-state index < -0.39 is 0 Å². The molecule has 2 aromatic rings. The van der Waals surface area contributed by atoms with Gasteiger partial charge in [-0.3, -0.25) is 14.5 Å². The van der Waals surface area contributed by atoms with E-state index in [0.29, 0.717) is 27.5 Å². The predicted molar refractivity (Wildman–Crippen MR) is 111 cm³/mol. The van der Waals surface area contributed by atoms with Gasteiger partial charge in [0, 0.05) is 5.25 Å². The third-order valence-corrected chi connectivity index (χ3v) is 5.42. The molecule has 6 heteroatoms. The zero-order chi connectivity index (χ0) is 20.3. The van der Waals surface area contributed by atoms with E-state index in [1.54, 1.807) is 32.4 Å². The first-order valence-electron chi connectivity index (χ1n) is 8.99. The van der Waals surface area contributed by atoms with Gasteiger partial charge in [-0.05, 0) is 23.3 Å². The Hall–Kier alpha value is -2.73. The summed E-state index contributed by atoms with van der Waals surface area (Å²) in [6.45, 7) is 4.25. The molecule has 0 radical (unpaired) electrons. The van der Waals surface area contributed by atoms with E-state index in [4.69, 9.17) is 9.47 Å². The highest BCUT2D eigenvalue weighted by Gasteiger charge is 2.39. The molecule has 0 fully saturated rings. The summed E-state index contributed by atoms with van der Waals surface area (Å²) in [6, 6.07) is 14.8. The average Bonchev–Trinajstić information content (AvgIpc) is 2.92. The molecule has 2 amide bonds. The number of carbonyl (C=O) groups excluding carboxylic acids is 2. The van der Waals surface area contributed by atoms with Gasteiger partial charge < -0.3 is 9.47 Å². The molecule has 1 aliphatic heterocycles. The zero-order valence-electron chi connectivity index (χ0n) is 16.4. The maximum atomic E-state index is 13.2. The first-order valence-corrected chi connectivity index (χ1v) is 9.87. The smallest absolute Gasteiger partial charge is 0.268 e. The maximum absolute atomic E-state index is 13.2. The van der Waals surface area contributed by atoms with Gasteiger partial charge in [-0.25, -0.2) is 0 Å². The standard InChI is InChI=1S/C22H23NO4S/c1-14(2)28-20-19(16-10-11-17(26-3)18(12-16)27-4)21(24)23(22(20)25)13-15-8-6-5-7-9-15/h5-12,14H,13H2,1-4H3. The molecule has 0 atom stereocenters. The van der Waals surface area contributed by atoms with E-state index in [1.165, 1.54) is 16.7 Å². The summed E-state index contributed by atoms with van der Waals surface area (Å²) in [4.78, 5) is 28.1. The van der Waals surface area contributed by atoms with Crippen LogP contribution in [0.3, 0.4) is 0 Å². The van der Waals surface area contributed by atoms with Gasteiger partial charge >= 0.3 is 0 Å². The van der Waals surface area contributed by atoms with Crippen LogP contribution in [0.1, 0.15) is 25.0 Å². The molecule has 2 aromatic carbocycles. The van der Waals surface area contributed by atoms with Gasteiger partial charge in [0.1, 0.15) is 0 Å².